The largest absolute Gasteiger partial charge is 0.493 e. The summed E-state index contributed by atoms with van der Waals surface area (Å²) in [4.78, 5) is 14.3. The van der Waals surface area contributed by atoms with Gasteiger partial charge in [0.25, 0.3) is 0 Å². The fourth-order valence-electron chi connectivity index (χ4n) is 7.74. The molecule has 0 saturated carbocycles. The summed E-state index contributed by atoms with van der Waals surface area (Å²) in [6.07, 6.45) is 48.4. The molecule has 2 rings (SSSR count). The third kappa shape index (κ3) is 29.9. The van der Waals surface area contributed by atoms with Crippen LogP contribution in [0.5, 0.6) is 11.5 Å². The second-order valence-electron chi connectivity index (χ2n) is 17.1. The van der Waals surface area contributed by atoms with Crippen LogP contribution in [-0.4, -0.2) is 24.7 Å². The molecule has 2 aromatic carbocycles. The summed E-state index contributed by atoms with van der Waals surface area (Å²) in [5.74, 6) is 2.77. The zero-order valence-corrected chi connectivity index (χ0v) is 39.1. The van der Waals surface area contributed by atoms with Crippen molar-refractivity contribution >= 4 is 23.6 Å². The first-order chi connectivity index (χ1) is 28.7. The van der Waals surface area contributed by atoms with Crippen LogP contribution in [0.2, 0.25) is 0 Å². The van der Waals surface area contributed by atoms with Gasteiger partial charge >= 0.3 is 0 Å². The van der Waals surface area contributed by atoms with Crippen LogP contribution in [0, 0.1) is 0 Å². The Hall–Kier alpha value is -2.20. The Kier molecular flexibility index (Phi) is 34.9. The molecule has 0 spiro atoms. The Morgan fingerprint density at radius 2 is 0.793 bits per heavy atom. The predicted octanol–water partition coefficient (Wildman–Crippen LogP) is 18.4. The molecule has 0 heterocycles. The van der Waals surface area contributed by atoms with Crippen molar-refractivity contribution in [2.75, 3.05) is 19.0 Å². The minimum atomic E-state index is 0.0159. The monoisotopic (exact) mass is 819 g/mol. The molecule has 3 nitrogen and oxygen atoms in total. The van der Waals surface area contributed by atoms with Crippen LogP contribution in [0.4, 0.5) is 0 Å². The minimum absolute atomic E-state index is 0.0159. The number of benzene rings is 2. The first kappa shape index (κ1) is 51.9. The predicted molar refractivity (Wildman–Crippen MR) is 257 cm³/mol. The fourth-order valence-corrected chi connectivity index (χ4v) is 8.51. The van der Waals surface area contributed by atoms with Crippen LogP contribution < -0.4 is 9.47 Å². The Morgan fingerprint density at radius 1 is 0.448 bits per heavy atom. The van der Waals surface area contributed by atoms with E-state index in [1.54, 1.807) is 6.08 Å². The molecule has 0 radical (unpaired) electrons. The third-order valence-electron chi connectivity index (χ3n) is 11.5. The lowest BCUT2D eigenvalue weighted by Crippen LogP contribution is -2.01. The van der Waals surface area contributed by atoms with E-state index in [0.29, 0.717) is 18.8 Å². The SMILES string of the molecule is CCCCCCCCCCCCCCCCCCOc1cc(/C=C/C(=O)c2ccc(SCCC)cc2)cc(OCCCCCCCCCCCCCCCCCC)c1. The number of rotatable bonds is 42. The highest BCUT2D eigenvalue weighted by Gasteiger charge is 2.06. The van der Waals surface area contributed by atoms with Gasteiger partial charge in [-0.25, -0.2) is 0 Å². The van der Waals surface area contributed by atoms with Crippen LogP contribution in [0.1, 0.15) is 249 Å². The standard InChI is InChI=1S/C54H90O3S/c1-4-7-9-11-13-15-17-19-21-23-25-27-29-31-33-35-43-56-51-46-49(37-42-54(55)50-38-40-53(41-39-50)58-45-6-3)47-52(48-51)57-44-36-34-32-30-28-26-24-22-20-18-16-14-12-10-8-5-2/h37-42,46-48H,4-36,43-45H2,1-3H3/b42-37+. The molecule has 0 aliphatic carbocycles. The van der Waals surface area contributed by atoms with Gasteiger partial charge in [0, 0.05) is 16.5 Å². The average Bonchev–Trinajstić information content (AvgIpc) is 3.24. The Morgan fingerprint density at radius 3 is 1.14 bits per heavy atom. The lowest BCUT2D eigenvalue weighted by molar-refractivity contribution is 0.104. The molecule has 0 N–H and O–H groups in total. The van der Waals surface area contributed by atoms with E-state index < -0.39 is 0 Å². The molecule has 330 valence electrons. The summed E-state index contributed by atoms with van der Waals surface area (Å²) in [5, 5.41) is 0. The third-order valence-corrected chi connectivity index (χ3v) is 12.7. The molecule has 4 heteroatoms. The van der Waals surface area contributed by atoms with Crippen molar-refractivity contribution in [2.45, 2.75) is 238 Å². The highest BCUT2D eigenvalue weighted by atomic mass is 32.2. The molecule has 0 atom stereocenters. The molecule has 0 aromatic heterocycles. The molecular formula is C54H90O3S. The van der Waals surface area contributed by atoms with E-state index in [4.69, 9.17) is 9.47 Å². The van der Waals surface area contributed by atoms with E-state index in [-0.39, 0.29) is 5.78 Å². The van der Waals surface area contributed by atoms with E-state index in [2.05, 4.69) is 32.9 Å². The van der Waals surface area contributed by atoms with E-state index in [1.165, 1.54) is 198 Å². The number of hydrogen-bond acceptors (Lipinski definition) is 4. The number of carbonyl (C=O) groups is 1. The molecule has 58 heavy (non-hydrogen) atoms. The molecule has 0 saturated heterocycles. The summed E-state index contributed by atoms with van der Waals surface area (Å²) in [5.41, 5.74) is 1.66. The van der Waals surface area contributed by atoms with Gasteiger partial charge < -0.3 is 9.47 Å². The van der Waals surface area contributed by atoms with Crippen molar-refractivity contribution in [3.05, 3.63) is 59.7 Å². The number of unbranched alkanes of at least 4 members (excludes halogenated alkanes) is 30. The smallest absolute Gasteiger partial charge is 0.185 e. The average molecular weight is 819 g/mol. The number of allylic oxidation sites excluding steroid dienone is 1. The topological polar surface area (TPSA) is 35.5 Å². The van der Waals surface area contributed by atoms with Gasteiger partial charge in [0.15, 0.2) is 5.78 Å². The molecule has 0 unspecified atom stereocenters. The molecular weight excluding hydrogens is 729 g/mol. The summed E-state index contributed by atoms with van der Waals surface area (Å²) < 4.78 is 12.6. The molecule has 0 amide bonds. The second-order valence-corrected chi connectivity index (χ2v) is 18.3. The van der Waals surface area contributed by atoms with Crippen molar-refractivity contribution in [2.24, 2.45) is 0 Å². The Labute approximate surface area is 364 Å². The molecule has 0 fully saturated rings. The normalized spacial score (nSPS) is 11.5. The van der Waals surface area contributed by atoms with Crippen molar-refractivity contribution < 1.29 is 14.3 Å². The van der Waals surface area contributed by atoms with E-state index >= 15 is 0 Å². The lowest BCUT2D eigenvalue weighted by atomic mass is 10.0. The van der Waals surface area contributed by atoms with Gasteiger partial charge in [-0.1, -0.05) is 219 Å². The maximum Gasteiger partial charge on any atom is 0.185 e. The first-order valence-corrected chi connectivity index (χ1v) is 26.0. The molecule has 0 aliphatic rings. The highest BCUT2D eigenvalue weighted by Crippen LogP contribution is 2.26. The highest BCUT2D eigenvalue weighted by molar-refractivity contribution is 7.99. The number of thioether (sulfide) groups is 1. The maximum absolute atomic E-state index is 13.0. The first-order valence-electron chi connectivity index (χ1n) is 25.0. The van der Waals surface area contributed by atoms with E-state index in [9.17, 15) is 4.79 Å². The number of carbonyl (C=O) groups excluding carboxylic acids is 1. The quantitative estimate of drug-likeness (QED) is 0.0289. The van der Waals surface area contributed by atoms with Gasteiger partial charge in [-0.3, -0.25) is 4.79 Å². The van der Waals surface area contributed by atoms with E-state index in [1.807, 2.05) is 48.2 Å². The summed E-state index contributed by atoms with van der Waals surface area (Å²) in [6, 6.07) is 14.1. The lowest BCUT2D eigenvalue weighted by Gasteiger charge is -2.12. The van der Waals surface area contributed by atoms with Crippen molar-refractivity contribution in [1.82, 2.24) is 0 Å². The van der Waals surface area contributed by atoms with Crippen LogP contribution >= 0.6 is 11.8 Å². The van der Waals surface area contributed by atoms with Crippen LogP contribution in [0.3, 0.4) is 0 Å². The van der Waals surface area contributed by atoms with Gasteiger partial charge in [0.1, 0.15) is 11.5 Å². The van der Waals surface area contributed by atoms with Gasteiger partial charge in [0.2, 0.25) is 0 Å². The number of hydrogen-bond donors (Lipinski definition) is 0. The summed E-state index contributed by atoms with van der Waals surface area (Å²) in [6.45, 7) is 8.21. The van der Waals surface area contributed by atoms with Gasteiger partial charge in [-0.2, -0.15) is 0 Å². The van der Waals surface area contributed by atoms with Gasteiger partial charge in [0.05, 0.1) is 13.2 Å². The summed E-state index contributed by atoms with van der Waals surface area (Å²) >= 11 is 1.83. The molecule has 0 aliphatic heterocycles. The Balaban J connectivity index is 1.69. The van der Waals surface area contributed by atoms with Crippen molar-refractivity contribution in [1.29, 1.82) is 0 Å². The fraction of sp³-hybridized carbons (Fsp3) is 0.722. The minimum Gasteiger partial charge on any atom is -0.493 e. The van der Waals surface area contributed by atoms with Crippen LogP contribution in [0.25, 0.3) is 6.08 Å². The Bertz CT molecular complexity index is 1180. The maximum atomic E-state index is 13.0. The van der Waals surface area contributed by atoms with Crippen molar-refractivity contribution in [3.8, 4) is 11.5 Å². The van der Waals surface area contributed by atoms with Gasteiger partial charge in [-0.05, 0) is 73.1 Å². The summed E-state index contributed by atoms with van der Waals surface area (Å²) in [7, 11) is 0. The van der Waals surface area contributed by atoms with Gasteiger partial charge in [-0.15, -0.1) is 11.8 Å². The number of ether oxygens (including phenoxy) is 2. The number of ketones is 1. The van der Waals surface area contributed by atoms with Crippen molar-refractivity contribution in [3.63, 3.8) is 0 Å². The van der Waals surface area contributed by atoms with Crippen LogP contribution in [0.15, 0.2) is 53.4 Å². The zero-order chi connectivity index (χ0) is 41.4. The van der Waals surface area contributed by atoms with Crippen LogP contribution in [-0.2, 0) is 0 Å². The zero-order valence-electron chi connectivity index (χ0n) is 38.3. The second kappa shape index (κ2) is 39.0. The van der Waals surface area contributed by atoms with E-state index in [0.717, 1.165) is 42.1 Å². The molecule has 0 bridgehead atoms. The molecule has 2 aromatic rings.